The van der Waals surface area contributed by atoms with Crippen molar-refractivity contribution in [2.24, 2.45) is 5.92 Å². The number of nitrogens with zero attached hydrogens (tertiary/aromatic N) is 1. The van der Waals surface area contributed by atoms with E-state index >= 15 is 0 Å². The molecule has 1 aliphatic rings. The minimum absolute atomic E-state index is 0.0356. The molecule has 1 aromatic rings. The quantitative estimate of drug-likeness (QED) is 0.840. The zero-order chi connectivity index (χ0) is 15.4. The third-order valence-electron chi connectivity index (χ3n) is 3.47. The number of anilines is 1. The predicted molar refractivity (Wildman–Crippen MR) is 73.4 cm³/mol. The van der Waals surface area contributed by atoms with Gasteiger partial charge in [0.25, 0.3) is 0 Å². The summed E-state index contributed by atoms with van der Waals surface area (Å²) in [5.74, 6) is -2.52. The molecule has 1 saturated heterocycles. The van der Waals surface area contributed by atoms with Crippen molar-refractivity contribution in [3.8, 4) is 0 Å². The monoisotopic (exact) mass is 296 g/mol. The lowest BCUT2D eigenvalue weighted by Gasteiger charge is -2.25. The van der Waals surface area contributed by atoms with E-state index in [-0.39, 0.29) is 31.5 Å². The second-order valence-corrected chi connectivity index (χ2v) is 4.99. The summed E-state index contributed by atoms with van der Waals surface area (Å²) >= 11 is 0. The van der Waals surface area contributed by atoms with Crippen LogP contribution in [-0.2, 0) is 14.3 Å². The smallest absolute Gasteiger partial charge is 0.310 e. The number of hydrogen-bond acceptors (Lipinski definition) is 4. The molecular weight excluding hydrogens is 279 g/mol. The van der Waals surface area contributed by atoms with Crippen LogP contribution in [0.4, 0.5) is 10.1 Å². The van der Waals surface area contributed by atoms with E-state index in [9.17, 15) is 14.0 Å². The predicted octanol–water partition coefficient (Wildman–Crippen LogP) is 0.796. The van der Waals surface area contributed by atoms with Crippen LogP contribution < -0.4 is 5.32 Å². The molecule has 2 unspecified atom stereocenters. The number of amides is 1. The molecule has 7 heteroatoms. The molecule has 0 saturated carbocycles. The van der Waals surface area contributed by atoms with E-state index in [0.717, 1.165) is 0 Å². The summed E-state index contributed by atoms with van der Waals surface area (Å²) in [5, 5.41) is 11.5. The van der Waals surface area contributed by atoms with E-state index in [2.05, 4.69) is 5.32 Å². The summed E-state index contributed by atoms with van der Waals surface area (Å²) in [7, 11) is 1.65. The van der Waals surface area contributed by atoms with Gasteiger partial charge in [-0.2, -0.15) is 0 Å². The normalized spacial score (nSPS) is 21.5. The molecule has 1 aromatic carbocycles. The van der Waals surface area contributed by atoms with E-state index in [1.807, 2.05) is 0 Å². The molecule has 1 fully saturated rings. The largest absolute Gasteiger partial charge is 0.481 e. The first-order valence-corrected chi connectivity index (χ1v) is 6.54. The van der Waals surface area contributed by atoms with E-state index in [0.29, 0.717) is 0 Å². The Hall–Kier alpha value is -1.99. The molecular formula is C14H17FN2O4. The van der Waals surface area contributed by atoms with Crippen molar-refractivity contribution in [1.82, 2.24) is 4.90 Å². The molecule has 1 heterocycles. The lowest BCUT2D eigenvalue weighted by atomic mass is 10.0. The number of ether oxygens (including phenoxy) is 1. The fraction of sp³-hybridized carbons (Fsp3) is 0.429. The average Bonchev–Trinajstić information content (AvgIpc) is 2.91. The first kappa shape index (κ1) is 15.4. The highest BCUT2D eigenvalue weighted by atomic mass is 19.1. The van der Waals surface area contributed by atoms with E-state index in [1.165, 1.54) is 18.2 Å². The molecule has 6 nitrogen and oxygen atoms in total. The Morgan fingerprint density at radius 2 is 2.14 bits per heavy atom. The topological polar surface area (TPSA) is 78.9 Å². The van der Waals surface area contributed by atoms with Crippen LogP contribution in [0.15, 0.2) is 24.3 Å². The number of likely N-dealkylation sites (N-methyl/N-ethyl adjacent to an activating group) is 1. The molecule has 2 rings (SSSR count). The van der Waals surface area contributed by atoms with Gasteiger partial charge in [-0.05, 0) is 19.2 Å². The van der Waals surface area contributed by atoms with Crippen molar-refractivity contribution < 1.29 is 23.8 Å². The number of hydrogen-bond donors (Lipinski definition) is 2. The molecule has 0 aliphatic carbocycles. The van der Waals surface area contributed by atoms with Gasteiger partial charge in [0.15, 0.2) is 0 Å². The van der Waals surface area contributed by atoms with Crippen molar-refractivity contribution in [3.63, 3.8) is 0 Å². The minimum atomic E-state index is -0.945. The summed E-state index contributed by atoms with van der Waals surface area (Å²) in [5.41, 5.74) is 0.105. The van der Waals surface area contributed by atoms with Gasteiger partial charge in [-0.3, -0.25) is 14.5 Å². The van der Waals surface area contributed by atoms with Crippen LogP contribution in [0.2, 0.25) is 0 Å². The minimum Gasteiger partial charge on any atom is -0.481 e. The van der Waals surface area contributed by atoms with Gasteiger partial charge in [-0.25, -0.2) is 4.39 Å². The van der Waals surface area contributed by atoms with Crippen LogP contribution in [0, 0.1) is 11.7 Å². The standard InChI is InChI=1S/C14H17FN2O4/c1-17(12-8-21-7-9(12)14(19)20)6-13(18)16-11-5-3-2-4-10(11)15/h2-5,9,12H,6-8H2,1H3,(H,16,18)(H,19,20). The van der Waals surface area contributed by atoms with Gasteiger partial charge in [0.1, 0.15) is 5.82 Å². The highest BCUT2D eigenvalue weighted by molar-refractivity contribution is 5.92. The van der Waals surface area contributed by atoms with Gasteiger partial charge in [-0.1, -0.05) is 12.1 Å². The van der Waals surface area contributed by atoms with Crippen molar-refractivity contribution in [2.45, 2.75) is 6.04 Å². The number of nitrogens with one attached hydrogen (secondary N) is 1. The SMILES string of the molecule is CN(CC(=O)Nc1ccccc1F)C1COCC1C(=O)O. The Bertz CT molecular complexity index is 537. The molecule has 0 radical (unpaired) electrons. The van der Waals surface area contributed by atoms with Crippen molar-refractivity contribution in [3.05, 3.63) is 30.1 Å². The highest BCUT2D eigenvalue weighted by Gasteiger charge is 2.37. The summed E-state index contributed by atoms with van der Waals surface area (Å²) in [4.78, 5) is 24.6. The molecule has 114 valence electrons. The first-order chi connectivity index (χ1) is 9.99. The number of carboxylic acid groups (broad SMARTS) is 1. The number of carbonyl (C=O) groups excluding carboxylic acids is 1. The Kier molecular flexibility index (Phi) is 4.87. The summed E-state index contributed by atoms with van der Waals surface area (Å²) in [6.45, 7) is 0.367. The number of halogens is 1. The summed E-state index contributed by atoms with van der Waals surface area (Å²) in [6.07, 6.45) is 0. The van der Waals surface area contributed by atoms with Gasteiger partial charge >= 0.3 is 5.97 Å². The van der Waals surface area contributed by atoms with Gasteiger partial charge in [-0.15, -0.1) is 0 Å². The lowest BCUT2D eigenvalue weighted by molar-refractivity contribution is -0.143. The number of para-hydroxylation sites is 1. The van der Waals surface area contributed by atoms with E-state index < -0.39 is 23.6 Å². The number of carboxylic acids is 1. The Morgan fingerprint density at radius 1 is 1.43 bits per heavy atom. The van der Waals surface area contributed by atoms with Gasteiger partial charge < -0.3 is 15.2 Å². The van der Waals surface area contributed by atoms with Crippen LogP contribution in [0.5, 0.6) is 0 Å². The molecule has 0 bridgehead atoms. The zero-order valence-electron chi connectivity index (χ0n) is 11.6. The van der Waals surface area contributed by atoms with Crippen LogP contribution in [0.1, 0.15) is 0 Å². The summed E-state index contributed by atoms with van der Waals surface area (Å²) < 4.78 is 18.6. The average molecular weight is 296 g/mol. The Balaban J connectivity index is 1.93. The van der Waals surface area contributed by atoms with Crippen molar-refractivity contribution in [1.29, 1.82) is 0 Å². The molecule has 21 heavy (non-hydrogen) atoms. The molecule has 1 aliphatic heterocycles. The fourth-order valence-corrected chi connectivity index (χ4v) is 2.31. The number of carbonyl (C=O) groups is 2. The van der Waals surface area contributed by atoms with Gasteiger partial charge in [0.2, 0.25) is 5.91 Å². The number of benzene rings is 1. The fourth-order valence-electron chi connectivity index (χ4n) is 2.31. The van der Waals surface area contributed by atoms with E-state index in [4.69, 9.17) is 9.84 Å². The van der Waals surface area contributed by atoms with Crippen LogP contribution >= 0.6 is 0 Å². The zero-order valence-corrected chi connectivity index (χ0v) is 11.6. The third-order valence-corrected chi connectivity index (χ3v) is 3.47. The molecule has 2 N–H and O–H groups in total. The maximum atomic E-state index is 13.4. The maximum absolute atomic E-state index is 13.4. The number of rotatable bonds is 5. The van der Waals surface area contributed by atoms with Crippen LogP contribution in [0.3, 0.4) is 0 Å². The third kappa shape index (κ3) is 3.77. The highest BCUT2D eigenvalue weighted by Crippen LogP contribution is 2.19. The Labute approximate surface area is 121 Å². The maximum Gasteiger partial charge on any atom is 0.310 e. The second-order valence-electron chi connectivity index (χ2n) is 4.99. The van der Waals surface area contributed by atoms with Crippen molar-refractivity contribution >= 4 is 17.6 Å². The number of aliphatic carboxylic acids is 1. The van der Waals surface area contributed by atoms with Gasteiger partial charge in [0.05, 0.1) is 31.4 Å². The van der Waals surface area contributed by atoms with Crippen LogP contribution in [0.25, 0.3) is 0 Å². The van der Waals surface area contributed by atoms with E-state index in [1.54, 1.807) is 18.0 Å². The molecule has 0 spiro atoms. The first-order valence-electron chi connectivity index (χ1n) is 6.54. The second kappa shape index (κ2) is 6.64. The molecule has 1 amide bonds. The van der Waals surface area contributed by atoms with Crippen molar-refractivity contribution in [2.75, 3.05) is 32.1 Å². The molecule has 2 atom stereocenters. The van der Waals surface area contributed by atoms with Gasteiger partial charge in [0, 0.05) is 6.04 Å². The summed E-state index contributed by atoms with van der Waals surface area (Å²) in [6, 6.07) is 5.50. The Morgan fingerprint density at radius 3 is 2.81 bits per heavy atom. The molecule has 0 aromatic heterocycles. The van der Waals surface area contributed by atoms with Crippen LogP contribution in [-0.4, -0.2) is 54.7 Å². The lowest BCUT2D eigenvalue weighted by Crippen LogP contribution is -2.44.